The molecule has 86 valence electrons. The van der Waals surface area contributed by atoms with Crippen molar-refractivity contribution in [3.05, 3.63) is 29.3 Å². The number of carbonyl (C=O) groups excluding carboxylic acids is 1. The molecule has 1 aliphatic rings. The lowest BCUT2D eigenvalue weighted by molar-refractivity contribution is -0.106. The molecule has 0 aromatic heterocycles. The van der Waals surface area contributed by atoms with Gasteiger partial charge in [-0.25, -0.2) is 0 Å². The fourth-order valence-electron chi connectivity index (χ4n) is 1.83. The van der Waals surface area contributed by atoms with Crippen molar-refractivity contribution in [1.29, 1.82) is 0 Å². The average Bonchev–Trinajstić information content (AvgIpc) is 2.33. The Kier molecular flexibility index (Phi) is 3.57. The number of benzene rings is 1. The summed E-state index contributed by atoms with van der Waals surface area (Å²) in [6.07, 6.45) is 3.85. The Morgan fingerprint density at radius 3 is 3.00 bits per heavy atom. The molecule has 0 saturated carbocycles. The minimum atomic E-state index is -0.158. The van der Waals surface area contributed by atoms with Gasteiger partial charge in [-0.1, -0.05) is 12.1 Å². The second-order valence-corrected chi connectivity index (χ2v) is 4.00. The van der Waals surface area contributed by atoms with Crippen molar-refractivity contribution in [2.75, 3.05) is 6.61 Å². The fraction of sp³-hybridized carbons (Fsp3) is 0.462. The molecule has 1 saturated heterocycles. The Bertz CT molecular complexity index is 367. The first-order chi connectivity index (χ1) is 7.81. The molecule has 0 spiro atoms. The topological polar surface area (TPSA) is 35.5 Å². The molecule has 0 bridgehead atoms. The molecule has 0 amide bonds. The van der Waals surface area contributed by atoms with Crippen molar-refractivity contribution in [1.82, 2.24) is 0 Å². The zero-order valence-corrected chi connectivity index (χ0v) is 9.44. The summed E-state index contributed by atoms with van der Waals surface area (Å²) in [5.41, 5.74) is 1.56. The van der Waals surface area contributed by atoms with E-state index in [4.69, 9.17) is 9.47 Å². The molecule has 3 nitrogen and oxygen atoms in total. The highest BCUT2D eigenvalue weighted by molar-refractivity contribution is 5.78. The Hall–Kier alpha value is -1.35. The number of rotatable bonds is 3. The molecule has 1 heterocycles. The predicted octanol–water partition coefficient (Wildman–Crippen LogP) is 2.71. The molecule has 1 aliphatic heterocycles. The van der Waals surface area contributed by atoms with Crippen molar-refractivity contribution in [2.24, 2.45) is 0 Å². The third-order valence-electron chi connectivity index (χ3n) is 2.85. The van der Waals surface area contributed by atoms with Crippen LogP contribution in [-0.4, -0.2) is 19.2 Å². The summed E-state index contributed by atoms with van der Waals surface area (Å²) in [7, 11) is 0. The van der Waals surface area contributed by atoms with Crippen LogP contribution in [0, 0.1) is 6.92 Å². The van der Waals surface area contributed by atoms with E-state index in [1.54, 1.807) is 6.07 Å². The van der Waals surface area contributed by atoms with Crippen molar-refractivity contribution in [3.8, 4) is 5.75 Å². The van der Waals surface area contributed by atoms with E-state index >= 15 is 0 Å². The van der Waals surface area contributed by atoms with Crippen LogP contribution in [0.15, 0.2) is 18.2 Å². The smallest absolute Gasteiger partial charge is 0.199 e. The number of aldehydes is 1. The average molecular weight is 220 g/mol. The molecule has 1 aromatic rings. The molecular weight excluding hydrogens is 204 g/mol. The number of ether oxygens (including phenoxy) is 2. The molecule has 1 atom stereocenters. The summed E-state index contributed by atoms with van der Waals surface area (Å²) in [6, 6.07) is 5.49. The molecule has 0 N–H and O–H groups in total. The van der Waals surface area contributed by atoms with E-state index < -0.39 is 0 Å². The highest BCUT2D eigenvalue weighted by atomic mass is 16.7. The first-order valence-electron chi connectivity index (χ1n) is 5.64. The van der Waals surface area contributed by atoms with E-state index in [0.29, 0.717) is 5.56 Å². The number of hydrogen-bond acceptors (Lipinski definition) is 3. The van der Waals surface area contributed by atoms with Crippen LogP contribution in [0.5, 0.6) is 5.75 Å². The molecule has 0 aliphatic carbocycles. The monoisotopic (exact) mass is 220 g/mol. The summed E-state index contributed by atoms with van der Waals surface area (Å²) in [4.78, 5) is 10.8. The van der Waals surface area contributed by atoms with Gasteiger partial charge in [-0.2, -0.15) is 0 Å². The van der Waals surface area contributed by atoms with Crippen LogP contribution in [0.2, 0.25) is 0 Å². The molecule has 2 rings (SSSR count). The molecular formula is C13H16O3. The van der Waals surface area contributed by atoms with Crippen molar-refractivity contribution in [2.45, 2.75) is 32.5 Å². The van der Waals surface area contributed by atoms with Gasteiger partial charge in [0.05, 0.1) is 6.61 Å². The summed E-state index contributed by atoms with van der Waals surface area (Å²) in [6.45, 7) is 2.65. The van der Waals surface area contributed by atoms with E-state index in [-0.39, 0.29) is 6.29 Å². The van der Waals surface area contributed by atoms with Gasteiger partial charge in [-0.15, -0.1) is 0 Å². The summed E-state index contributed by atoms with van der Waals surface area (Å²) in [5, 5.41) is 0. The SMILES string of the molecule is Cc1c(C=O)cccc1OC1CCCCO1. The highest BCUT2D eigenvalue weighted by Gasteiger charge is 2.16. The summed E-state index contributed by atoms with van der Waals surface area (Å²) in [5.74, 6) is 0.747. The van der Waals surface area contributed by atoms with Gasteiger partial charge in [-0.3, -0.25) is 4.79 Å². The lowest BCUT2D eigenvalue weighted by Crippen LogP contribution is -2.25. The van der Waals surface area contributed by atoms with E-state index in [1.807, 2.05) is 19.1 Å². The van der Waals surface area contributed by atoms with E-state index in [0.717, 1.165) is 43.5 Å². The predicted molar refractivity (Wildman–Crippen MR) is 60.8 cm³/mol. The molecule has 16 heavy (non-hydrogen) atoms. The van der Waals surface area contributed by atoms with E-state index in [9.17, 15) is 4.79 Å². The molecule has 3 heteroatoms. The Labute approximate surface area is 95.4 Å². The minimum absolute atomic E-state index is 0.158. The molecule has 1 aromatic carbocycles. The van der Waals surface area contributed by atoms with Crippen LogP contribution in [0.4, 0.5) is 0 Å². The third kappa shape index (κ3) is 2.42. The highest BCUT2D eigenvalue weighted by Crippen LogP contribution is 2.24. The number of carbonyl (C=O) groups is 1. The van der Waals surface area contributed by atoms with Gasteiger partial charge in [0, 0.05) is 17.5 Å². The lowest BCUT2D eigenvalue weighted by Gasteiger charge is -2.24. The maximum Gasteiger partial charge on any atom is 0.199 e. The Morgan fingerprint density at radius 2 is 2.31 bits per heavy atom. The minimum Gasteiger partial charge on any atom is -0.465 e. The maximum absolute atomic E-state index is 10.8. The van der Waals surface area contributed by atoms with Crippen molar-refractivity contribution in [3.63, 3.8) is 0 Å². The molecule has 0 radical (unpaired) electrons. The van der Waals surface area contributed by atoms with Crippen molar-refractivity contribution >= 4 is 6.29 Å². The Morgan fingerprint density at radius 1 is 1.44 bits per heavy atom. The zero-order valence-electron chi connectivity index (χ0n) is 9.44. The van der Waals surface area contributed by atoms with Gasteiger partial charge >= 0.3 is 0 Å². The van der Waals surface area contributed by atoms with Crippen LogP contribution in [0.1, 0.15) is 35.2 Å². The number of hydrogen-bond donors (Lipinski definition) is 0. The van der Waals surface area contributed by atoms with Gasteiger partial charge < -0.3 is 9.47 Å². The maximum atomic E-state index is 10.8. The molecule has 1 fully saturated rings. The fourth-order valence-corrected chi connectivity index (χ4v) is 1.83. The normalized spacial score (nSPS) is 20.4. The van der Waals surface area contributed by atoms with Crippen LogP contribution >= 0.6 is 0 Å². The van der Waals surface area contributed by atoms with Crippen LogP contribution < -0.4 is 4.74 Å². The van der Waals surface area contributed by atoms with Crippen molar-refractivity contribution < 1.29 is 14.3 Å². The van der Waals surface area contributed by atoms with Gasteiger partial charge in [0.25, 0.3) is 0 Å². The standard InChI is InChI=1S/C13H16O3/c1-10-11(9-14)5-4-6-12(10)16-13-7-2-3-8-15-13/h4-6,9,13H,2-3,7-8H2,1H3. The zero-order chi connectivity index (χ0) is 11.4. The van der Waals surface area contributed by atoms with Gasteiger partial charge in [0.2, 0.25) is 0 Å². The van der Waals surface area contributed by atoms with Gasteiger partial charge in [0.1, 0.15) is 12.0 Å². The molecule has 1 unspecified atom stereocenters. The first-order valence-corrected chi connectivity index (χ1v) is 5.64. The van der Waals surface area contributed by atoms with E-state index in [1.165, 1.54) is 0 Å². The second kappa shape index (κ2) is 5.12. The largest absolute Gasteiger partial charge is 0.465 e. The lowest BCUT2D eigenvalue weighted by atomic mass is 10.1. The van der Waals surface area contributed by atoms with Crippen LogP contribution in [0.3, 0.4) is 0 Å². The third-order valence-corrected chi connectivity index (χ3v) is 2.85. The summed E-state index contributed by atoms with van der Waals surface area (Å²) >= 11 is 0. The summed E-state index contributed by atoms with van der Waals surface area (Å²) < 4.78 is 11.2. The second-order valence-electron chi connectivity index (χ2n) is 4.00. The van der Waals surface area contributed by atoms with Crippen LogP contribution in [0.25, 0.3) is 0 Å². The van der Waals surface area contributed by atoms with Crippen LogP contribution in [-0.2, 0) is 4.74 Å². The van der Waals surface area contributed by atoms with E-state index in [2.05, 4.69) is 0 Å². The quantitative estimate of drug-likeness (QED) is 0.735. The Balaban J connectivity index is 2.11. The van der Waals surface area contributed by atoms with Gasteiger partial charge in [-0.05, 0) is 25.8 Å². The first kappa shape index (κ1) is 11.1. The van der Waals surface area contributed by atoms with Gasteiger partial charge in [0.15, 0.2) is 6.29 Å².